The molecule has 2 unspecified atom stereocenters. The fourth-order valence-electron chi connectivity index (χ4n) is 1.73. The van der Waals surface area contributed by atoms with Crippen LogP contribution in [0.3, 0.4) is 0 Å². The standard InChI is InChI=1S/C9H16F3NO/c10-9(11,12)8(14)4-3-7-2-1-5-13-6-7/h7-8,13-14H,1-6H2. The van der Waals surface area contributed by atoms with Crippen LogP contribution >= 0.6 is 0 Å². The number of nitrogens with one attached hydrogen (secondary N) is 1. The fourth-order valence-corrected chi connectivity index (χ4v) is 1.73. The molecule has 1 heterocycles. The van der Waals surface area contributed by atoms with Crippen molar-refractivity contribution in [2.24, 2.45) is 5.92 Å². The molecule has 14 heavy (non-hydrogen) atoms. The Morgan fingerprint density at radius 1 is 1.43 bits per heavy atom. The Morgan fingerprint density at radius 2 is 2.14 bits per heavy atom. The quantitative estimate of drug-likeness (QED) is 0.744. The molecule has 0 spiro atoms. The van der Waals surface area contributed by atoms with Crippen LogP contribution < -0.4 is 5.32 Å². The van der Waals surface area contributed by atoms with Crippen molar-refractivity contribution in [3.63, 3.8) is 0 Å². The van der Waals surface area contributed by atoms with Crippen molar-refractivity contribution in [1.82, 2.24) is 5.32 Å². The summed E-state index contributed by atoms with van der Waals surface area (Å²) < 4.78 is 35.8. The number of piperidine rings is 1. The highest BCUT2D eigenvalue weighted by Gasteiger charge is 2.37. The Kier molecular flexibility index (Phi) is 4.19. The van der Waals surface area contributed by atoms with Crippen LogP contribution in [0.4, 0.5) is 13.2 Å². The summed E-state index contributed by atoms with van der Waals surface area (Å²) in [5.74, 6) is 0.292. The highest BCUT2D eigenvalue weighted by molar-refractivity contribution is 4.72. The van der Waals surface area contributed by atoms with Gasteiger partial charge in [-0.2, -0.15) is 13.2 Å². The molecule has 0 saturated carbocycles. The molecule has 0 bridgehead atoms. The molecule has 1 saturated heterocycles. The summed E-state index contributed by atoms with van der Waals surface area (Å²) in [7, 11) is 0. The van der Waals surface area contributed by atoms with Crippen molar-refractivity contribution in [2.75, 3.05) is 13.1 Å². The van der Waals surface area contributed by atoms with Gasteiger partial charge in [-0.1, -0.05) is 0 Å². The first kappa shape index (κ1) is 11.8. The van der Waals surface area contributed by atoms with E-state index in [0.717, 1.165) is 25.9 Å². The normalized spacial score (nSPS) is 26.1. The van der Waals surface area contributed by atoms with Gasteiger partial charge >= 0.3 is 6.18 Å². The van der Waals surface area contributed by atoms with Crippen LogP contribution in [0, 0.1) is 5.92 Å². The molecule has 2 nitrogen and oxygen atoms in total. The lowest BCUT2D eigenvalue weighted by Crippen LogP contribution is -2.33. The molecule has 84 valence electrons. The summed E-state index contributed by atoms with van der Waals surface area (Å²) in [6.07, 6.45) is -4.33. The Hall–Kier alpha value is -0.290. The van der Waals surface area contributed by atoms with Gasteiger partial charge in [-0.3, -0.25) is 0 Å². The van der Waals surface area contributed by atoms with Crippen molar-refractivity contribution in [3.8, 4) is 0 Å². The van der Waals surface area contributed by atoms with Gasteiger partial charge in [-0.25, -0.2) is 0 Å². The zero-order chi connectivity index (χ0) is 10.6. The second-order valence-corrected chi connectivity index (χ2v) is 3.85. The van der Waals surface area contributed by atoms with Gasteiger partial charge in [0.2, 0.25) is 0 Å². The molecule has 1 fully saturated rings. The van der Waals surface area contributed by atoms with Crippen molar-refractivity contribution in [3.05, 3.63) is 0 Å². The van der Waals surface area contributed by atoms with E-state index in [4.69, 9.17) is 5.11 Å². The van der Waals surface area contributed by atoms with Crippen molar-refractivity contribution in [2.45, 2.75) is 38.0 Å². The van der Waals surface area contributed by atoms with E-state index in [9.17, 15) is 13.2 Å². The highest BCUT2D eigenvalue weighted by atomic mass is 19.4. The second kappa shape index (κ2) is 4.98. The summed E-state index contributed by atoms with van der Waals surface area (Å²) in [5.41, 5.74) is 0. The number of aliphatic hydroxyl groups is 1. The lowest BCUT2D eigenvalue weighted by Gasteiger charge is -2.24. The van der Waals surface area contributed by atoms with Crippen LogP contribution in [0.2, 0.25) is 0 Å². The third kappa shape index (κ3) is 3.84. The van der Waals surface area contributed by atoms with Gasteiger partial charge in [-0.15, -0.1) is 0 Å². The molecule has 2 atom stereocenters. The van der Waals surface area contributed by atoms with E-state index in [0.29, 0.717) is 12.3 Å². The summed E-state index contributed by atoms with van der Waals surface area (Å²) in [4.78, 5) is 0. The minimum Gasteiger partial charge on any atom is -0.384 e. The van der Waals surface area contributed by atoms with Gasteiger partial charge in [0.1, 0.15) is 6.10 Å². The van der Waals surface area contributed by atoms with E-state index < -0.39 is 12.3 Å². The van der Waals surface area contributed by atoms with E-state index in [1.165, 1.54) is 0 Å². The Morgan fingerprint density at radius 3 is 2.64 bits per heavy atom. The third-order valence-corrected chi connectivity index (χ3v) is 2.63. The molecular formula is C9H16F3NO. The van der Waals surface area contributed by atoms with Gasteiger partial charge in [-0.05, 0) is 44.7 Å². The second-order valence-electron chi connectivity index (χ2n) is 3.85. The molecule has 0 aromatic heterocycles. The maximum absolute atomic E-state index is 11.9. The van der Waals surface area contributed by atoms with Crippen LogP contribution in [-0.4, -0.2) is 30.5 Å². The van der Waals surface area contributed by atoms with Crippen LogP contribution in [-0.2, 0) is 0 Å². The van der Waals surface area contributed by atoms with Crippen LogP contribution in [0.1, 0.15) is 25.7 Å². The van der Waals surface area contributed by atoms with E-state index in [1.807, 2.05) is 0 Å². The lowest BCUT2D eigenvalue weighted by molar-refractivity contribution is -0.206. The van der Waals surface area contributed by atoms with Gasteiger partial charge in [0.15, 0.2) is 0 Å². The lowest BCUT2D eigenvalue weighted by atomic mass is 9.93. The van der Waals surface area contributed by atoms with Crippen LogP contribution in [0.25, 0.3) is 0 Å². The SMILES string of the molecule is OC(CCC1CCCNC1)C(F)(F)F. The average molecular weight is 211 g/mol. The molecule has 1 aliphatic heterocycles. The molecule has 5 heteroatoms. The first-order valence-corrected chi connectivity index (χ1v) is 4.95. The maximum Gasteiger partial charge on any atom is 0.414 e. The van der Waals surface area contributed by atoms with Crippen LogP contribution in [0.5, 0.6) is 0 Å². The number of alkyl halides is 3. The van der Waals surface area contributed by atoms with E-state index >= 15 is 0 Å². The fraction of sp³-hybridized carbons (Fsp3) is 1.00. The Balaban J connectivity index is 2.19. The molecule has 1 rings (SSSR count). The average Bonchev–Trinajstić information content (AvgIpc) is 2.14. The minimum absolute atomic E-state index is 0.171. The molecule has 0 aliphatic carbocycles. The molecule has 1 aliphatic rings. The smallest absolute Gasteiger partial charge is 0.384 e. The summed E-state index contributed by atoms with van der Waals surface area (Å²) in [5, 5.41) is 11.9. The van der Waals surface area contributed by atoms with Crippen molar-refractivity contribution < 1.29 is 18.3 Å². The van der Waals surface area contributed by atoms with Gasteiger partial charge in [0.05, 0.1) is 0 Å². The predicted octanol–water partition coefficient (Wildman–Crippen LogP) is 1.69. The van der Waals surface area contributed by atoms with Crippen molar-refractivity contribution >= 4 is 0 Å². The number of halogens is 3. The zero-order valence-electron chi connectivity index (χ0n) is 7.98. The van der Waals surface area contributed by atoms with Gasteiger partial charge in [0.25, 0.3) is 0 Å². The molecule has 0 amide bonds. The third-order valence-electron chi connectivity index (χ3n) is 2.63. The first-order valence-electron chi connectivity index (χ1n) is 4.95. The Bertz CT molecular complexity index is 166. The van der Waals surface area contributed by atoms with Gasteiger partial charge in [0, 0.05) is 0 Å². The molecule has 0 aromatic rings. The Labute approximate surface area is 81.5 Å². The van der Waals surface area contributed by atoms with E-state index in [1.54, 1.807) is 0 Å². The number of hydrogen-bond donors (Lipinski definition) is 2. The first-order chi connectivity index (χ1) is 6.50. The minimum atomic E-state index is -4.46. The molecule has 2 N–H and O–H groups in total. The highest BCUT2D eigenvalue weighted by Crippen LogP contribution is 2.26. The summed E-state index contributed by atoms with van der Waals surface area (Å²) >= 11 is 0. The van der Waals surface area contributed by atoms with Gasteiger partial charge < -0.3 is 10.4 Å². The topological polar surface area (TPSA) is 32.3 Å². The zero-order valence-corrected chi connectivity index (χ0v) is 7.98. The largest absolute Gasteiger partial charge is 0.414 e. The summed E-state index contributed by atoms with van der Waals surface area (Å²) in [6.45, 7) is 1.74. The number of rotatable bonds is 3. The van der Waals surface area contributed by atoms with Crippen molar-refractivity contribution in [1.29, 1.82) is 0 Å². The van der Waals surface area contributed by atoms with Crippen LogP contribution in [0.15, 0.2) is 0 Å². The predicted molar refractivity (Wildman–Crippen MR) is 46.9 cm³/mol. The molecule has 0 aromatic carbocycles. The summed E-state index contributed by atoms with van der Waals surface area (Å²) in [6, 6.07) is 0. The monoisotopic (exact) mass is 211 g/mol. The maximum atomic E-state index is 11.9. The molecule has 0 radical (unpaired) electrons. The van der Waals surface area contributed by atoms with E-state index in [-0.39, 0.29) is 6.42 Å². The molecular weight excluding hydrogens is 195 g/mol. The van der Waals surface area contributed by atoms with E-state index in [2.05, 4.69) is 5.32 Å². The number of hydrogen-bond acceptors (Lipinski definition) is 2. The number of aliphatic hydroxyl groups excluding tert-OH is 1.